The molecule has 1 fully saturated rings. The van der Waals surface area contributed by atoms with Crippen LogP contribution in [0.1, 0.15) is 17.1 Å². The second kappa shape index (κ2) is 5.94. The summed E-state index contributed by atoms with van der Waals surface area (Å²) in [7, 11) is 1.57. The topological polar surface area (TPSA) is 86.8 Å². The Morgan fingerprint density at radius 1 is 1.43 bits per heavy atom. The lowest BCUT2D eigenvalue weighted by molar-refractivity contribution is -0.126. The predicted molar refractivity (Wildman–Crippen MR) is 78.9 cm³/mol. The van der Waals surface area contributed by atoms with Gasteiger partial charge in [0, 0.05) is 13.0 Å². The van der Waals surface area contributed by atoms with E-state index in [0.29, 0.717) is 12.1 Å². The Kier molecular flexibility index (Phi) is 3.97. The van der Waals surface area contributed by atoms with Crippen LogP contribution < -0.4 is 0 Å². The van der Waals surface area contributed by atoms with Crippen LogP contribution in [0.2, 0.25) is 0 Å². The molecule has 0 radical (unpaired) electrons. The predicted octanol–water partition coefficient (Wildman–Crippen LogP) is 1.51. The van der Waals surface area contributed by atoms with E-state index in [1.165, 1.54) is 23.3 Å². The Bertz CT molecular complexity index is 767. The third-order valence-electron chi connectivity index (χ3n) is 3.70. The maximum atomic E-state index is 12.9. The standard InChI is InChI=1S/C16H15FN2O4/c1-19-7-12(14(21)16(19)22)13(20)15-18-11(8-23-15)6-9-2-4-10(17)5-3-9/h2-5,8,16,20,22H,6-7H2,1H3. The number of aliphatic hydroxyl groups excluding tert-OH is 2. The molecule has 1 aromatic carbocycles. The zero-order valence-electron chi connectivity index (χ0n) is 12.4. The summed E-state index contributed by atoms with van der Waals surface area (Å²) in [5.74, 6) is -1.33. The molecule has 120 valence electrons. The van der Waals surface area contributed by atoms with E-state index in [2.05, 4.69) is 4.98 Å². The second-order valence-corrected chi connectivity index (χ2v) is 5.43. The molecule has 0 aliphatic carbocycles. The molecule has 23 heavy (non-hydrogen) atoms. The fourth-order valence-electron chi connectivity index (χ4n) is 2.40. The zero-order valence-corrected chi connectivity index (χ0v) is 12.4. The smallest absolute Gasteiger partial charge is 0.262 e. The van der Waals surface area contributed by atoms with Crippen molar-refractivity contribution in [2.24, 2.45) is 0 Å². The third kappa shape index (κ3) is 3.01. The van der Waals surface area contributed by atoms with Gasteiger partial charge < -0.3 is 14.6 Å². The number of carbonyl (C=O) groups excluding carboxylic acids is 1. The summed E-state index contributed by atoms with van der Waals surface area (Å²) >= 11 is 0. The molecule has 1 aliphatic rings. The monoisotopic (exact) mass is 318 g/mol. The van der Waals surface area contributed by atoms with Crippen LogP contribution in [0.4, 0.5) is 4.39 Å². The van der Waals surface area contributed by atoms with Gasteiger partial charge in [0.15, 0.2) is 12.0 Å². The normalized spacial score (nSPS) is 21.0. The molecule has 1 aliphatic heterocycles. The Labute approximate surface area is 131 Å². The van der Waals surface area contributed by atoms with Crippen LogP contribution in [0, 0.1) is 5.82 Å². The van der Waals surface area contributed by atoms with Crippen LogP contribution in [-0.4, -0.2) is 45.7 Å². The van der Waals surface area contributed by atoms with Crippen molar-refractivity contribution in [2.75, 3.05) is 13.6 Å². The largest absolute Gasteiger partial charge is 0.503 e. The van der Waals surface area contributed by atoms with Crippen LogP contribution in [0.25, 0.3) is 5.76 Å². The highest BCUT2D eigenvalue weighted by Gasteiger charge is 2.36. The van der Waals surface area contributed by atoms with E-state index in [9.17, 15) is 19.4 Å². The minimum absolute atomic E-state index is 0.0650. The van der Waals surface area contributed by atoms with Gasteiger partial charge in [-0.25, -0.2) is 9.37 Å². The lowest BCUT2D eigenvalue weighted by atomic mass is 10.1. The van der Waals surface area contributed by atoms with E-state index in [0.717, 1.165) is 5.56 Å². The van der Waals surface area contributed by atoms with Crippen molar-refractivity contribution in [2.45, 2.75) is 12.6 Å². The molecule has 6 nitrogen and oxygen atoms in total. The molecule has 0 bridgehead atoms. The first kappa shape index (κ1) is 15.4. The Hall–Kier alpha value is -2.51. The number of hydrogen-bond acceptors (Lipinski definition) is 6. The summed E-state index contributed by atoms with van der Waals surface area (Å²) in [5.41, 5.74) is 1.44. The van der Waals surface area contributed by atoms with Gasteiger partial charge in [-0.05, 0) is 24.7 Å². The summed E-state index contributed by atoms with van der Waals surface area (Å²) in [6, 6.07) is 5.97. The minimum atomic E-state index is -1.26. The average Bonchev–Trinajstić information content (AvgIpc) is 3.10. The van der Waals surface area contributed by atoms with Crippen molar-refractivity contribution in [1.82, 2.24) is 9.88 Å². The summed E-state index contributed by atoms with van der Waals surface area (Å²) in [5, 5.41) is 19.8. The van der Waals surface area contributed by atoms with Gasteiger partial charge in [-0.1, -0.05) is 12.1 Å². The number of aliphatic hydroxyl groups is 2. The van der Waals surface area contributed by atoms with Crippen molar-refractivity contribution in [3.8, 4) is 0 Å². The van der Waals surface area contributed by atoms with Gasteiger partial charge in [-0.3, -0.25) is 9.69 Å². The number of ketones is 1. The molecular weight excluding hydrogens is 303 g/mol. The first-order valence-corrected chi connectivity index (χ1v) is 6.99. The van der Waals surface area contributed by atoms with Crippen molar-refractivity contribution < 1.29 is 23.8 Å². The van der Waals surface area contributed by atoms with Crippen LogP contribution >= 0.6 is 0 Å². The number of benzene rings is 1. The van der Waals surface area contributed by atoms with Crippen molar-refractivity contribution >= 4 is 11.5 Å². The van der Waals surface area contributed by atoms with Crippen LogP contribution in [0.15, 0.2) is 40.5 Å². The van der Waals surface area contributed by atoms with Crippen molar-refractivity contribution in [3.05, 3.63) is 59.1 Å². The number of likely N-dealkylation sites (tertiary alicyclic amines) is 1. The Balaban J connectivity index is 1.81. The molecule has 1 saturated heterocycles. The number of nitrogens with zero attached hydrogens (tertiary/aromatic N) is 2. The van der Waals surface area contributed by atoms with E-state index in [4.69, 9.17) is 4.42 Å². The van der Waals surface area contributed by atoms with Gasteiger partial charge >= 0.3 is 0 Å². The molecule has 3 rings (SSSR count). The quantitative estimate of drug-likeness (QED) is 0.659. The van der Waals surface area contributed by atoms with Crippen LogP contribution in [0.3, 0.4) is 0 Å². The molecular formula is C16H15FN2O4. The molecule has 0 spiro atoms. The van der Waals surface area contributed by atoms with Crippen LogP contribution in [0.5, 0.6) is 0 Å². The highest BCUT2D eigenvalue weighted by atomic mass is 19.1. The maximum Gasteiger partial charge on any atom is 0.262 e. The molecule has 0 saturated carbocycles. The highest BCUT2D eigenvalue weighted by Crippen LogP contribution is 2.24. The number of likely N-dealkylation sites (N-methyl/N-ethyl adjacent to an activating group) is 1. The first-order valence-electron chi connectivity index (χ1n) is 6.99. The number of aromatic nitrogens is 1. The number of hydrogen-bond donors (Lipinski definition) is 2. The molecule has 0 amide bonds. The SMILES string of the molecule is CN1CC(=C(O)c2nc(Cc3ccc(F)cc3)co2)C(=O)C1O. The summed E-state index contributed by atoms with van der Waals surface area (Å²) in [6.07, 6.45) is 0.513. The van der Waals surface area contributed by atoms with Crippen LogP contribution in [-0.2, 0) is 11.2 Å². The van der Waals surface area contributed by atoms with E-state index in [1.54, 1.807) is 19.2 Å². The highest BCUT2D eigenvalue weighted by molar-refractivity contribution is 6.05. The number of rotatable bonds is 3. The molecule has 2 heterocycles. The number of carbonyl (C=O) groups is 1. The van der Waals surface area contributed by atoms with E-state index >= 15 is 0 Å². The van der Waals surface area contributed by atoms with Crippen molar-refractivity contribution in [3.63, 3.8) is 0 Å². The molecule has 2 aromatic rings. The van der Waals surface area contributed by atoms with Gasteiger partial charge in [0.05, 0.1) is 11.3 Å². The zero-order chi connectivity index (χ0) is 16.6. The molecule has 1 unspecified atom stereocenters. The Morgan fingerprint density at radius 2 is 2.13 bits per heavy atom. The van der Waals surface area contributed by atoms with Crippen molar-refractivity contribution in [1.29, 1.82) is 0 Å². The molecule has 7 heteroatoms. The number of Topliss-reactive ketones (excluding diaryl/α,β-unsaturated/α-hetero) is 1. The van der Waals surface area contributed by atoms with E-state index in [-0.39, 0.29) is 29.6 Å². The number of oxazole rings is 1. The van der Waals surface area contributed by atoms with E-state index in [1.807, 2.05) is 0 Å². The van der Waals surface area contributed by atoms with Gasteiger partial charge in [0.25, 0.3) is 5.89 Å². The lowest BCUT2D eigenvalue weighted by Crippen LogP contribution is -2.28. The van der Waals surface area contributed by atoms with Gasteiger partial charge in [-0.15, -0.1) is 0 Å². The third-order valence-corrected chi connectivity index (χ3v) is 3.70. The van der Waals surface area contributed by atoms with Gasteiger partial charge in [0.1, 0.15) is 12.1 Å². The first-order chi connectivity index (χ1) is 11.0. The molecule has 1 atom stereocenters. The van der Waals surface area contributed by atoms with E-state index < -0.39 is 12.0 Å². The summed E-state index contributed by atoms with van der Waals surface area (Å²) < 4.78 is 18.1. The van der Waals surface area contributed by atoms with Gasteiger partial charge in [-0.2, -0.15) is 0 Å². The second-order valence-electron chi connectivity index (χ2n) is 5.43. The Morgan fingerprint density at radius 3 is 2.74 bits per heavy atom. The summed E-state index contributed by atoms with van der Waals surface area (Å²) in [6.45, 7) is 0.113. The molecule has 1 aromatic heterocycles. The summed E-state index contributed by atoms with van der Waals surface area (Å²) in [4.78, 5) is 17.4. The fraction of sp³-hybridized carbons (Fsp3) is 0.250. The lowest BCUT2D eigenvalue weighted by Gasteiger charge is -2.08. The fourth-order valence-corrected chi connectivity index (χ4v) is 2.40. The van der Waals surface area contributed by atoms with Gasteiger partial charge in [0.2, 0.25) is 5.78 Å². The maximum absolute atomic E-state index is 12.9. The average molecular weight is 318 g/mol. The minimum Gasteiger partial charge on any atom is -0.503 e. The number of halogens is 1. The molecule has 2 N–H and O–H groups in total.